The van der Waals surface area contributed by atoms with Gasteiger partial charge in [-0.25, -0.2) is 9.48 Å². The van der Waals surface area contributed by atoms with E-state index in [0.717, 1.165) is 5.69 Å². The monoisotopic (exact) mass is 351 g/mol. The van der Waals surface area contributed by atoms with E-state index in [9.17, 15) is 9.59 Å². The van der Waals surface area contributed by atoms with Gasteiger partial charge in [-0.2, -0.15) is 5.10 Å². The van der Waals surface area contributed by atoms with E-state index in [1.807, 2.05) is 13.0 Å². The molecule has 7 nitrogen and oxygen atoms in total. The quantitative estimate of drug-likeness (QED) is 0.794. The van der Waals surface area contributed by atoms with Gasteiger partial charge in [0.25, 0.3) is 5.91 Å². The smallest absolute Gasteiger partial charge is 0.334 e. The summed E-state index contributed by atoms with van der Waals surface area (Å²) in [5, 5.41) is 16.3. The van der Waals surface area contributed by atoms with Crippen LogP contribution < -0.4 is 5.32 Å². The number of halogens is 1. The Bertz CT molecular complexity index is 745. The molecule has 2 N–H and O–H groups in total. The van der Waals surface area contributed by atoms with E-state index in [1.165, 1.54) is 13.3 Å². The second-order valence-electron chi connectivity index (χ2n) is 5.02. The van der Waals surface area contributed by atoms with Crippen LogP contribution in [0.15, 0.2) is 30.5 Å². The number of amides is 1. The number of carbonyl (C=O) groups is 2. The highest BCUT2D eigenvalue weighted by atomic mass is 35.5. The molecule has 0 aliphatic rings. The third kappa shape index (κ3) is 3.93. The Morgan fingerprint density at radius 1 is 1.46 bits per heavy atom. The zero-order valence-corrected chi connectivity index (χ0v) is 14.1. The third-order valence-corrected chi connectivity index (χ3v) is 3.74. The minimum absolute atomic E-state index is 0.129. The first-order valence-corrected chi connectivity index (χ1v) is 7.72. The van der Waals surface area contributed by atoms with Crippen molar-refractivity contribution in [3.05, 3.63) is 46.7 Å². The van der Waals surface area contributed by atoms with E-state index in [1.54, 1.807) is 22.9 Å². The molecule has 1 aromatic carbocycles. The highest BCUT2D eigenvalue weighted by Gasteiger charge is 2.21. The van der Waals surface area contributed by atoms with Gasteiger partial charge in [0, 0.05) is 12.1 Å². The molecule has 8 heteroatoms. The van der Waals surface area contributed by atoms with Crippen LogP contribution in [-0.4, -0.2) is 46.5 Å². The molecule has 128 valence electrons. The summed E-state index contributed by atoms with van der Waals surface area (Å²) in [6, 6.07) is 7.14. The number of hydrogen-bond donors (Lipinski definition) is 2. The van der Waals surface area contributed by atoms with Gasteiger partial charge in [0.2, 0.25) is 0 Å². The number of nitrogens with zero attached hydrogens (tertiary/aromatic N) is 2. The number of benzene rings is 1. The van der Waals surface area contributed by atoms with Gasteiger partial charge in [-0.05, 0) is 24.6 Å². The molecule has 0 aliphatic carbocycles. The Morgan fingerprint density at radius 2 is 2.21 bits per heavy atom. The number of rotatable bonds is 7. The van der Waals surface area contributed by atoms with Crippen LogP contribution >= 0.6 is 11.6 Å². The normalized spacial score (nSPS) is 12.0. The largest absolute Gasteiger partial charge is 0.479 e. The first-order chi connectivity index (χ1) is 11.5. The fourth-order valence-electron chi connectivity index (χ4n) is 2.29. The van der Waals surface area contributed by atoms with Crippen LogP contribution in [0.3, 0.4) is 0 Å². The fraction of sp³-hybridized carbons (Fsp3) is 0.312. The van der Waals surface area contributed by atoms with Crippen molar-refractivity contribution in [2.75, 3.05) is 13.7 Å². The van der Waals surface area contributed by atoms with Crippen LogP contribution in [-0.2, 0) is 16.0 Å². The Kier molecular flexibility index (Phi) is 5.94. The molecule has 0 saturated carbocycles. The van der Waals surface area contributed by atoms with Crippen LogP contribution in [0.5, 0.6) is 0 Å². The highest BCUT2D eigenvalue weighted by Crippen LogP contribution is 2.19. The van der Waals surface area contributed by atoms with Crippen LogP contribution in [0.2, 0.25) is 5.02 Å². The van der Waals surface area contributed by atoms with Crippen LogP contribution in [0.25, 0.3) is 5.69 Å². The van der Waals surface area contributed by atoms with Crippen molar-refractivity contribution in [1.29, 1.82) is 0 Å². The molecule has 1 atom stereocenters. The second-order valence-corrected chi connectivity index (χ2v) is 5.46. The molecule has 0 saturated heterocycles. The summed E-state index contributed by atoms with van der Waals surface area (Å²) < 4.78 is 6.44. The summed E-state index contributed by atoms with van der Waals surface area (Å²) in [6.45, 7) is 1.78. The third-order valence-electron chi connectivity index (χ3n) is 3.51. The van der Waals surface area contributed by atoms with Crippen LogP contribution in [0.1, 0.15) is 23.0 Å². The van der Waals surface area contributed by atoms with Crippen molar-refractivity contribution < 1.29 is 19.4 Å². The molecule has 0 bridgehead atoms. The number of carboxylic acid groups (broad SMARTS) is 1. The van der Waals surface area contributed by atoms with Gasteiger partial charge < -0.3 is 15.2 Å². The molecular weight excluding hydrogens is 334 g/mol. The number of aliphatic carboxylic acids is 1. The van der Waals surface area contributed by atoms with Crippen molar-refractivity contribution in [3.8, 4) is 5.69 Å². The molecule has 24 heavy (non-hydrogen) atoms. The molecular formula is C16H18ClN3O4. The van der Waals surface area contributed by atoms with Gasteiger partial charge >= 0.3 is 5.97 Å². The summed E-state index contributed by atoms with van der Waals surface area (Å²) in [7, 11) is 1.28. The van der Waals surface area contributed by atoms with E-state index < -0.39 is 18.0 Å². The number of hydrogen-bond acceptors (Lipinski definition) is 4. The summed E-state index contributed by atoms with van der Waals surface area (Å²) in [4.78, 5) is 23.3. The minimum atomic E-state index is -1.14. The molecule has 1 heterocycles. The standard InChI is InChI=1S/C16H18ClN3O4/c1-3-13-12(15(21)18-9-14(24-2)16(22)23)8-19-20(13)11-6-4-5-10(17)7-11/h4-8,14H,3,9H2,1-2H3,(H,18,21)(H,22,23). The summed E-state index contributed by atoms with van der Waals surface area (Å²) in [5.74, 6) is -1.54. The lowest BCUT2D eigenvalue weighted by atomic mass is 10.2. The van der Waals surface area contributed by atoms with Crippen LogP contribution in [0.4, 0.5) is 0 Å². The van der Waals surface area contributed by atoms with Crippen molar-refractivity contribution in [2.24, 2.45) is 0 Å². The molecule has 1 aromatic heterocycles. The van der Waals surface area contributed by atoms with Crippen molar-refractivity contribution in [3.63, 3.8) is 0 Å². The number of carboxylic acids is 1. The van der Waals surface area contributed by atoms with Crippen molar-refractivity contribution in [2.45, 2.75) is 19.4 Å². The van der Waals surface area contributed by atoms with Crippen molar-refractivity contribution >= 4 is 23.5 Å². The van der Waals surface area contributed by atoms with E-state index >= 15 is 0 Å². The summed E-state index contributed by atoms with van der Waals surface area (Å²) >= 11 is 6.00. The first-order valence-electron chi connectivity index (χ1n) is 7.34. The number of carbonyl (C=O) groups excluding carboxylic acids is 1. The average Bonchev–Trinajstić information content (AvgIpc) is 2.98. The fourth-order valence-corrected chi connectivity index (χ4v) is 2.47. The lowest BCUT2D eigenvalue weighted by molar-refractivity contribution is -0.148. The number of nitrogens with one attached hydrogen (secondary N) is 1. The van der Waals surface area contributed by atoms with Gasteiger partial charge in [0.1, 0.15) is 0 Å². The highest BCUT2D eigenvalue weighted by molar-refractivity contribution is 6.30. The zero-order chi connectivity index (χ0) is 17.7. The Labute approximate surface area is 144 Å². The first kappa shape index (κ1) is 18.0. The van der Waals surface area contributed by atoms with Gasteiger partial charge in [-0.3, -0.25) is 4.79 Å². The minimum Gasteiger partial charge on any atom is -0.479 e. The summed E-state index contributed by atoms with van der Waals surface area (Å²) in [5.41, 5.74) is 1.84. The zero-order valence-electron chi connectivity index (χ0n) is 13.3. The molecule has 0 radical (unpaired) electrons. The SMILES string of the molecule is CCc1c(C(=O)NCC(OC)C(=O)O)cnn1-c1cccc(Cl)c1. The van der Waals surface area contributed by atoms with Gasteiger partial charge in [0.05, 0.1) is 29.7 Å². The molecule has 0 fully saturated rings. The Balaban J connectivity index is 2.22. The predicted molar refractivity (Wildman–Crippen MR) is 88.7 cm³/mol. The molecule has 0 spiro atoms. The Hall–Kier alpha value is -2.38. The van der Waals surface area contributed by atoms with E-state index in [4.69, 9.17) is 21.4 Å². The number of aromatic nitrogens is 2. The van der Waals surface area contributed by atoms with E-state index in [2.05, 4.69) is 10.4 Å². The van der Waals surface area contributed by atoms with E-state index in [-0.39, 0.29) is 6.54 Å². The molecule has 2 rings (SSSR count). The van der Waals surface area contributed by atoms with E-state index in [0.29, 0.717) is 22.7 Å². The number of ether oxygens (including phenoxy) is 1. The van der Waals surface area contributed by atoms with Gasteiger partial charge in [0.15, 0.2) is 6.10 Å². The lowest BCUT2D eigenvalue weighted by Gasteiger charge is -2.12. The topological polar surface area (TPSA) is 93.4 Å². The molecule has 1 amide bonds. The lowest BCUT2D eigenvalue weighted by Crippen LogP contribution is -2.38. The van der Waals surface area contributed by atoms with Gasteiger partial charge in [-0.1, -0.05) is 24.6 Å². The molecule has 0 aliphatic heterocycles. The maximum Gasteiger partial charge on any atom is 0.334 e. The molecule has 1 unspecified atom stereocenters. The summed E-state index contributed by atoms with van der Waals surface area (Å²) in [6.07, 6.45) is 0.932. The molecule has 2 aromatic rings. The van der Waals surface area contributed by atoms with Gasteiger partial charge in [-0.15, -0.1) is 0 Å². The maximum absolute atomic E-state index is 12.3. The maximum atomic E-state index is 12.3. The predicted octanol–water partition coefficient (Wildman–Crippen LogP) is 1.92. The average molecular weight is 352 g/mol. The number of methoxy groups -OCH3 is 1. The van der Waals surface area contributed by atoms with Crippen molar-refractivity contribution in [1.82, 2.24) is 15.1 Å². The van der Waals surface area contributed by atoms with Crippen LogP contribution in [0, 0.1) is 0 Å². The second kappa shape index (κ2) is 7.94. The Morgan fingerprint density at radius 3 is 2.79 bits per heavy atom.